The molecule has 0 aromatic heterocycles. The topological polar surface area (TPSA) is 88.5 Å². The van der Waals surface area contributed by atoms with Crippen LogP contribution in [0.5, 0.6) is 0 Å². The van der Waals surface area contributed by atoms with E-state index in [1.807, 2.05) is 6.07 Å². The molecule has 0 radical (unpaired) electrons. The summed E-state index contributed by atoms with van der Waals surface area (Å²) in [5.41, 5.74) is 5.49. The molecule has 3 N–H and O–H groups in total. The van der Waals surface area contributed by atoms with E-state index in [4.69, 9.17) is 25.6 Å². The third kappa shape index (κ3) is 2.17. The molecule has 0 amide bonds. The molecule has 0 unspecified atom stereocenters. The smallest absolute Gasteiger partial charge is 0.164 e. The third-order valence-electron chi connectivity index (χ3n) is 1.90. The van der Waals surface area contributed by atoms with Gasteiger partial charge in [-0.15, -0.1) is 0 Å². The minimum absolute atomic E-state index is 0.191. The van der Waals surface area contributed by atoms with Crippen LogP contribution in [0.2, 0.25) is 0 Å². The van der Waals surface area contributed by atoms with Crippen molar-refractivity contribution in [2.45, 2.75) is 37.9 Å². The molecular weight excluding hydrogens is 172 g/mol. The molecule has 0 bridgehead atoms. The van der Waals surface area contributed by atoms with Gasteiger partial charge in [-0.1, -0.05) is 0 Å². The number of nitrogens with zero attached hydrogens (tertiary/aromatic N) is 1. The maximum Gasteiger partial charge on any atom is 0.164 e. The molecule has 1 heterocycles. The second-order valence-corrected chi connectivity index (χ2v) is 3.48. The molecule has 0 aromatic carbocycles. The Kier molecular flexibility index (Phi) is 2.88. The van der Waals surface area contributed by atoms with Gasteiger partial charge in [0.25, 0.3) is 0 Å². The Labute approximate surface area is 77.0 Å². The quantitative estimate of drug-likeness (QED) is 0.598. The van der Waals surface area contributed by atoms with Crippen molar-refractivity contribution < 1.29 is 14.6 Å². The summed E-state index contributed by atoms with van der Waals surface area (Å²) < 4.78 is 10.7. The fraction of sp³-hybridized carbons (Fsp3) is 0.875. The zero-order valence-corrected chi connectivity index (χ0v) is 7.73. The summed E-state index contributed by atoms with van der Waals surface area (Å²) in [6, 6.07) is 1.11. The van der Waals surface area contributed by atoms with E-state index in [0.717, 1.165) is 0 Å². The molecule has 5 heteroatoms. The van der Waals surface area contributed by atoms with Crippen molar-refractivity contribution in [2.24, 2.45) is 5.73 Å². The first kappa shape index (κ1) is 10.4. The van der Waals surface area contributed by atoms with Crippen molar-refractivity contribution in [3.05, 3.63) is 0 Å². The van der Waals surface area contributed by atoms with Gasteiger partial charge in [-0.2, -0.15) is 5.26 Å². The van der Waals surface area contributed by atoms with Crippen LogP contribution >= 0.6 is 0 Å². The Morgan fingerprint density at radius 2 is 2.23 bits per heavy atom. The number of nitriles is 1. The molecule has 0 aliphatic carbocycles. The van der Waals surface area contributed by atoms with E-state index in [1.54, 1.807) is 13.8 Å². The Morgan fingerprint density at radius 1 is 1.62 bits per heavy atom. The summed E-state index contributed by atoms with van der Waals surface area (Å²) in [6.45, 7) is 3.25. The molecule has 5 nitrogen and oxygen atoms in total. The molecule has 0 saturated carbocycles. The number of aliphatic hydroxyl groups is 1. The van der Waals surface area contributed by atoms with Gasteiger partial charge in [0.05, 0.1) is 12.7 Å². The molecule has 1 saturated heterocycles. The first-order valence-corrected chi connectivity index (χ1v) is 4.12. The van der Waals surface area contributed by atoms with E-state index in [0.29, 0.717) is 0 Å². The first-order valence-electron chi connectivity index (χ1n) is 4.12. The number of hydrogen-bond donors (Lipinski definition) is 2. The third-order valence-corrected chi connectivity index (χ3v) is 1.90. The van der Waals surface area contributed by atoms with Crippen LogP contribution in [0, 0.1) is 11.3 Å². The first-order chi connectivity index (χ1) is 6.00. The minimum Gasteiger partial charge on any atom is -0.394 e. The van der Waals surface area contributed by atoms with Gasteiger partial charge >= 0.3 is 0 Å². The maximum atomic E-state index is 8.94. The number of nitrogens with two attached hydrogens (primary N) is 1. The van der Waals surface area contributed by atoms with E-state index >= 15 is 0 Å². The van der Waals surface area contributed by atoms with Crippen LogP contribution in [0.25, 0.3) is 0 Å². The highest BCUT2D eigenvalue weighted by Crippen LogP contribution is 2.28. The number of hydrogen-bond acceptors (Lipinski definition) is 5. The number of ether oxygens (including phenoxy) is 2. The molecule has 0 spiro atoms. The molecule has 1 rings (SSSR count). The predicted molar refractivity (Wildman–Crippen MR) is 44.5 cm³/mol. The summed E-state index contributed by atoms with van der Waals surface area (Å²) in [5, 5.41) is 17.5. The van der Waals surface area contributed by atoms with Crippen LogP contribution in [0.15, 0.2) is 0 Å². The Balaban J connectivity index is 2.70. The van der Waals surface area contributed by atoms with Gasteiger partial charge in [0.1, 0.15) is 18.2 Å². The monoisotopic (exact) mass is 186 g/mol. The normalized spacial score (nSPS) is 34.1. The lowest BCUT2D eigenvalue weighted by molar-refractivity contribution is -0.149. The molecule has 1 aliphatic heterocycles. The van der Waals surface area contributed by atoms with Gasteiger partial charge in [0.2, 0.25) is 0 Å². The number of rotatable bonds is 2. The van der Waals surface area contributed by atoms with Gasteiger partial charge in [-0.3, -0.25) is 0 Å². The van der Waals surface area contributed by atoms with Crippen molar-refractivity contribution in [2.75, 3.05) is 6.61 Å². The van der Waals surface area contributed by atoms with Crippen LogP contribution in [-0.4, -0.2) is 35.8 Å². The van der Waals surface area contributed by atoms with E-state index in [9.17, 15) is 0 Å². The molecular formula is C8H14N2O3. The average molecular weight is 186 g/mol. The highest BCUT2D eigenvalue weighted by atomic mass is 16.8. The van der Waals surface area contributed by atoms with Gasteiger partial charge in [0.15, 0.2) is 5.79 Å². The SMILES string of the molecule is CC1(C)O[C@@H]([C@@H](N)C#N)[C@H](CO)O1. The summed E-state index contributed by atoms with van der Waals surface area (Å²) >= 11 is 0. The number of aliphatic hydroxyl groups excluding tert-OH is 1. The zero-order valence-electron chi connectivity index (χ0n) is 7.73. The van der Waals surface area contributed by atoms with E-state index < -0.39 is 24.0 Å². The highest BCUT2D eigenvalue weighted by Gasteiger charge is 2.43. The fourth-order valence-corrected chi connectivity index (χ4v) is 1.38. The largest absolute Gasteiger partial charge is 0.394 e. The highest BCUT2D eigenvalue weighted by molar-refractivity contribution is 4.99. The molecule has 3 atom stereocenters. The fourth-order valence-electron chi connectivity index (χ4n) is 1.38. The van der Waals surface area contributed by atoms with Crippen LogP contribution < -0.4 is 5.73 Å². The second-order valence-electron chi connectivity index (χ2n) is 3.48. The van der Waals surface area contributed by atoms with E-state index in [2.05, 4.69) is 0 Å². The molecule has 74 valence electrons. The Morgan fingerprint density at radius 3 is 2.69 bits per heavy atom. The maximum absolute atomic E-state index is 8.94. The molecule has 13 heavy (non-hydrogen) atoms. The molecule has 1 fully saturated rings. The van der Waals surface area contributed by atoms with Crippen molar-refractivity contribution in [3.8, 4) is 6.07 Å². The van der Waals surface area contributed by atoms with Crippen molar-refractivity contribution >= 4 is 0 Å². The average Bonchev–Trinajstić information content (AvgIpc) is 2.39. The summed E-state index contributed by atoms with van der Waals surface area (Å²) in [4.78, 5) is 0. The van der Waals surface area contributed by atoms with Crippen LogP contribution in [0.1, 0.15) is 13.8 Å². The zero-order chi connectivity index (χ0) is 10.1. The summed E-state index contributed by atoms with van der Waals surface area (Å²) in [7, 11) is 0. The van der Waals surface area contributed by atoms with Gasteiger partial charge in [-0.25, -0.2) is 0 Å². The summed E-state index contributed by atoms with van der Waals surface area (Å²) in [6.07, 6.45) is -1.06. The van der Waals surface area contributed by atoms with Crippen LogP contribution in [0.4, 0.5) is 0 Å². The summed E-state index contributed by atoms with van der Waals surface area (Å²) in [5.74, 6) is -0.771. The predicted octanol–water partition coefficient (Wildman–Crippen LogP) is -0.650. The minimum atomic E-state index is -0.771. The Hall–Kier alpha value is -0.670. The lowest BCUT2D eigenvalue weighted by atomic mass is 10.1. The van der Waals surface area contributed by atoms with Crippen LogP contribution in [0.3, 0.4) is 0 Å². The van der Waals surface area contributed by atoms with Gasteiger partial charge < -0.3 is 20.3 Å². The van der Waals surface area contributed by atoms with Gasteiger partial charge in [0, 0.05) is 0 Å². The Bertz CT molecular complexity index is 224. The standard InChI is InChI=1S/C8H14N2O3/c1-8(2)12-6(4-11)7(13-8)5(10)3-9/h5-7,11H,4,10H2,1-2H3/t5-,6-,7-/m0/s1. The van der Waals surface area contributed by atoms with E-state index in [-0.39, 0.29) is 6.61 Å². The van der Waals surface area contributed by atoms with Crippen LogP contribution in [-0.2, 0) is 9.47 Å². The van der Waals surface area contributed by atoms with Gasteiger partial charge in [-0.05, 0) is 13.8 Å². The van der Waals surface area contributed by atoms with Crippen molar-refractivity contribution in [3.63, 3.8) is 0 Å². The van der Waals surface area contributed by atoms with E-state index in [1.165, 1.54) is 0 Å². The molecule has 1 aliphatic rings. The lowest BCUT2D eigenvalue weighted by Crippen LogP contribution is -2.41. The van der Waals surface area contributed by atoms with Crippen molar-refractivity contribution in [1.82, 2.24) is 0 Å². The molecule has 0 aromatic rings. The second kappa shape index (κ2) is 3.60. The lowest BCUT2D eigenvalue weighted by Gasteiger charge is -2.17. The van der Waals surface area contributed by atoms with Crippen molar-refractivity contribution in [1.29, 1.82) is 5.26 Å².